The van der Waals surface area contributed by atoms with Gasteiger partial charge >= 0.3 is 0 Å². The van der Waals surface area contributed by atoms with Crippen LogP contribution < -0.4 is 4.90 Å². The monoisotopic (exact) mass is 703 g/mol. The Kier molecular flexibility index (Phi) is 7.17. The van der Waals surface area contributed by atoms with Crippen LogP contribution in [0.25, 0.3) is 88.0 Å². The first kappa shape index (κ1) is 31.2. The molecule has 0 amide bonds. The average molecular weight is 704 g/mol. The van der Waals surface area contributed by atoms with Crippen LogP contribution in [-0.2, 0) is 0 Å². The third-order valence-electron chi connectivity index (χ3n) is 10.9. The summed E-state index contributed by atoms with van der Waals surface area (Å²) in [4.78, 5) is 2.32. The van der Waals surface area contributed by atoms with Crippen molar-refractivity contribution in [3.8, 4) is 33.4 Å². The van der Waals surface area contributed by atoms with Crippen molar-refractivity contribution in [2.45, 2.75) is 0 Å². The van der Waals surface area contributed by atoms with Gasteiger partial charge in [0.25, 0.3) is 0 Å². The zero-order valence-electron chi connectivity index (χ0n) is 29.8. The van der Waals surface area contributed by atoms with Crippen LogP contribution in [0.1, 0.15) is 0 Å². The average Bonchev–Trinajstić information content (AvgIpc) is 3.83. The maximum Gasteiger partial charge on any atom is 0.143 e. The van der Waals surface area contributed by atoms with Crippen molar-refractivity contribution in [3.63, 3.8) is 0 Å². The summed E-state index contributed by atoms with van der Waals surface area (Å²) in [7, 11) is 0. The van der Waals surface area contributed by atoms with Crippen LogP contribution in [0.3, 0.4) is 0 Å². The van der Waals surface area contributed by atoms with E-state index in [1.807, 2.05) is 24.3 Å². The molecule has 0 N–H and O–H groups in total. The minimum absolute atomic E-state index is 0.897. The van der Waals surface area contributed by atoms with Crippen molar-refractivity contribution in [3.05, 3.63) is 200 Å². The van der Waals surface area contributed by atoms with Gasteiger partial charge in [-0.15, -0.1) is 0 Å². The number of anilines is 3. The molecule has 0 unspecified atom stereocenters. The molecule has 0 fully saturated rings. The van der Waals surface area contributed by atoms with Gasteiger partial charge in [0.05, 0.1) is 0 Å². The fourth-order valence-corrected chi connectivity index (χ4v) is 8.27. The molecule has 0 saturated heterocycles. The molecular weight excluding hydrogens is 671 g/mol. The molecule has 55 heavy (non-hydrogen) atoms. The summed E-state index contributed by atoms with van der Waals surface area (Å²) in [6.45, 7) is 0. The van der Waals surface area contributed by atoms with E-state index in [-0.39, 0.29) is 0 Å². The molecule has 3 heteroatoms. The number of rotatable bonds is 6. The van der Waals surface area contributed by atoms with Gasteiger partial charge in [-0.3, -0.25) is 0 Å². The number of furan rings is 2. The van der Waals surface area contributed by atoms with Crippen LogP contribution in [0.2, 0.25) is 0 Å². The third-order valence-corrected chi connectivity index (χ3v) is 10.9. The highest BCUT2D eigenvalue weighted by Gasteiger charge is 2.18. The lowest BCUT2D eigenvalue weighted by atomic mass is 9.95. The highest BCUT2D eigenvalue weighted by atomic mass is 16.3. The fraction of sp³-hybridized carbons (Fsp3) is 0. The molecule has 0 aliphatic carbocycles. The Morgan fingerprint density at radius 1 is 0.291 bits per heavy atom. The van der Waals surface area contributed by atoms with E-state index in [4.69, 9.17) is 8.83 Å². The zero-order valence-corrected chi connectivity index (χ0v) is 29.8. The molecule has 0 aliphatic heterocycles. The molecule has 9 aromatic carbocycles. The molecule has 3 nitrogen and oxygen atoms in total. The van der Waals surface area contributed by atoms with Crippen LogP contribution in [0.4, 0.5) is 17.1 Å². The first-order valence-corrected chi connectivity index (χ1v) is 18.7. The maximum atomic E-state index is 6.63. The lowest BCUT2D eigenvalue weighted by Gasteiger charge is -2.26. The third kappa shape index (κ3) is 5.20. The van der Waals surface area contributed by atoms with E-state index < -0.39 is 0 Å². The van der Waals surface area contributed by atoms with Crippen molar-refractivity contribution < 1.29 is 8.83 Å². The van der Waals surface area contributed by atoms with Crippen LogP contribution >= 0.6 is 0 Å². The van der Waals surface area contributed by atoms with Gasteiger partial charge in [0.1, 0.15) is 22.3 Å². The number of hydrogen-bond donors (Lipinski definition) is 0. The molecule has 11 rings (SSSR count). The van der Waals surface area contributed by atoms with E-state index in [1.54, 1.807) is 0 Å². The lowest BCUT2D eigenvalue weighted by molar-refractivity contribution is 0.669. The standard InChI is InChI=1S/C52H33NO2/c1-3-12-34(13-4-1)37-26-31-43-47-33-46(42-16-7-8-17-44(42)52(47)55-50(43)32-37)36-24-29-40(30-25-36)53(38-14-5-2-6-15-38)39-27-22-35(23-28-39)41-19-11-21-49-51(41)45-18-9-10-20-48(45)54-49/h1-33H. The molecule has 0 spiro atoms. The normalized spacial score (nSPS) is 11.6. The predicted molar refractivity (Wildman–Crippen MR) is 229 cm³/mol. The summed E-state index contributed by atoms with van der Waals surface area (Å²) in [6, 6.07) is 70.9. The lowest BCUT2D eigenvalue weighted by Crippen LogP contribution is -2.09. The smallest absolute Gasteiger partial charge is 0.143 e. The topological polar surface area (TPSA) is 29.5 Å². The SMILES string of the molecule is c1ccc(-c2ccc3c(c2)oc2c4ccccc4c(-c4ccc(N(c5ccccc5)c5ccc(-c6cccc7oc8ccccc8c67)cc5)cc4)cc32)cc1. The van der Waals surface area contributed by atoms with Gasteiger partial charge in [0.15, 0.2) is 0 Å². The first-order chi connectivity index (χ1) is 27.3. The molecule has 0 aliphatic rings. The van der Waals surface area contributed by atoms with E-state index in [0.29, 0.717) is 0 Å². The van der Waals surface area contributed by atoms with Crippen molar-refractivity contribution in [1.82, 2.24) is 0 Å². The van der Waals surface area contributed by atoms with Gasteiger partial charge in [0.2, 0.25) is 0 Å². The van der Waals surface area contributed by atoms with Gasteiger partial charge in [-0.25, -0.2) is 0 Å². The van der Waals surface area contributed by atoms with Gasteiger partial charge in [-0.05, 0) is 105 Å². The molecule has 2 heterocycles. The van der Waals surface area contributed by atoms with Crippen LogP contribution in [-0.4, -0.2) is 0 Å². The summed E-state index contributed by atoms with van der Waals surface area (Å²) in [5, 5.41) is 6.80. The summed E-state index contributed by atoms with van der Waals surface area (Å²) < 4.78 is 12.8. The van der Waals surface area contributed by atoms with E-state index in [1.165, 1.54) is 16.5 Å². The Hall–Kier alpha value is -7.36. The minimum atomic E-state index is 0.897. The number of nitrogens with zero attached hydrogens (tertiary/aromatic N) is 1. The van der Waals surface area contributed by atoms with Crippen molar-refractivity contribution in [2.75, 3.05) is 4.90 Å². The number of fused-ring (bicyclic) bond motifs is 8. The van der Waals surface area contributed by atoms with Gasteiger partial charge in [-0.1, -0.05) is 133 Å². The molecular formula is C52H33NO2. The van der Waals surface area contributed by atoms with E-state index >= 15 is 0 Å². The molecule has 2 aromatic heterocycles. The Labute approximate surface area is 317 Å². The number of para-hydroxylation sites is 2. The largest absolute Gasteiger partial charge is 0.456 e. The maximum absolute atomic E-state index is 6.63. The second-order valence-corrected chi connectivity index (χ2v) is 14.1. The van der Waals surface area contributed by atoms with Crippen LogP contribution in [0.15, 0.2) is 209 Å². The van der Waals surface area contributed by atoms with Gasteiger partial charge in [0, 0.05) is 44.0 Å². The Morgan fingerprint density at radius 3 is 1.62 bits per heavy atom. The van der Waals surface area contributed by atoms with E-state index in [2.05, 4.69) is 181 Å². The van der Waals surface area contributed by atoms with Crippen molar-refractivity contribution >= 4 is 71.7 Å². The highest BCUT2D eigenvalue weighted by Crippen LogP contribution is 2.43. The summed E-state index contributed by atoms with van der Waals surface area (Å²) in [6.07, 6.45) is 0. The molecule has 0 bridgehead atoms. The number of benzene rings is 9. The second-order valence-electron chi connectivity index (χ2n) is 14.1. The summed E-state index contributed by atoms with van der Waals surface area (Å²) in [5.41, 5.74) is 13.9. The first-order valence-electron chi connectivity index (χ1n) is 18.7. The van der Waals surface area contributed by atoms with Gasteiger partial charge in [-0.2, -0.15) is 0 Å². The minimum Gasteiger partial charge on any atom is -0.456 e. The molecule has 0 radical (unpaired) electrons. The molecule has 11 aromatic rings. The number of hydrogen-bond acceptors (Lipinski definition) is 3. The summed E-state index contributed by atoms with van der Waals surface area (Å²) >= 11 is 0. The Morgan fingerprint density at radius 2 is 0.873 bits per heavy atom. The summed E-state index contributed by atoms with van der Waals surface area (Å²) in [5.74, 6) is 0. The van der Waals surface area contributed by atoms with Crippen LogP contribution in [0.5, 0.6) is 0 Å². The van der Waals surface area contributed by atoms with E-state index in [0.717, 1.165) is 88.6 Å². The van der Waals surface area contributed by atoms with E-state index in [9.17, 15) is 0 Å². The van der Waals surface area contributed by atoms with Crippen molar-refractivity contribution in [1.29, 1.82) is 0 Å². The predicted octanol–water partition coefficient (Wildman–Crippen LogP) is 15.1. The Bertz CT molecular complexity index is 3180. The van der Waals surface area contributed by atoms with Crippen LogP contribution in [0, 0.1) is 0 Å². The molecule has 0 saturated carbocycles. The zero-order chi connectivity index (χ0) is 36.3. The van der Waals surface area contributed by atoms with Crippen molar-refractivity contribution in [2.24, 2.45) is 0 Å². The Balaban J connectivity index is 0.993. The fourth-order valence-electron chi connectivity index (χ4n) is 8.27. The van der Waals surface area contributed by atoms with Gasteiger partial charge < -0.3 is 13.7 Å². The quantitative estimate of drug-likeness (QED) is 0.173. The molecule has 0 atom stereocenters. The second kappa shape index (κ2) is 12.6. The molecule has 258 valence electrons. The highest BCUT2D eigenvalue weighted by molar-refractivity contribution is 6.19.